The van der Waals surface area contributed by atoms with Crippen LogP contribution in [0.3, 0.4) is 0 Å². The van der Waals surface area contributed by atoms with E-state index in [9.17, 15) is 0 Å². The van der Waals surface area contributed by atoms with Crippen molar-refractivity contribution in [2.45, 2.75) is 13.3 Å². The Labute approximate surface area is 143 Å². The Kier molecular flexibility index (Phi) is 3.72. The Hall–Kier alpha value is -3.16. The molecule has 0 aliphatic rings. The van der Waals surface area contributed by atoms with Gasteiger partial charge in [-0.2, -0.15) is 4.98 Å². The fraction of sp³-hybridized carbons (Fsp3) is 0.294. The van der Waals surface area contributed by atoms with Crippen molar-refractivity contribution in [3.63, 3.8) is 0 Å². The minimum absolute atomic E-state index is 0.505. The van der Waals surface area contributed by atoms with Crippen LogP contribution < -0.4 is 9.64 Å². The van der Waals surface area contributed by atoms with Gasteiger partial charge in [-0.15, -0.1) is 0 Å². The van der Waals surface area contributed by atoms with E-state index in [0.717, 1.165) is 52.5 Å². The SMILES string of the molecule is COc1ccc2nc(CCN(C)c3ncnc4onc(C)c34)[nH]c2c1. The molecule has 0 saturated carbocycles. The van der Waals surface area contributed by atoms with Crippen LogP contribution in [0, 0.1) is 6.92 Å². The Morgan fingerprint density at radius 2 is 2.16 bits per heavy atom. The predicted molar refractivity (Wildman–Crippen MR) is 94.0 cm³/mol. The van der Waals surface area contributed by atoms with E-state index in [1.54, 1.807) is 7.11 Å². The summed E-state index contributed by atoms with van der Waals surface area (Å²) in [6.45, 7) is 2.63. The highest BCUT2D eigenvalue weighted by atomic mass is 16.5. The van der Waals surface area contributed by atoms with Crippen molar-refractivity contribution < 1.29 is 9.26 Å². The van der Waals surface area contributed by atoms with E-state index >= 15 is 0 Å². The molecule has 0 amide bonds. The number of ether oxygens (including phenoxy) is 1. The second-order valence-corrected chi connectivity index (χ2v) is 5.88. The molecule has 0 radical (unpaired) electrons. The molecule has 1 aromatic carbocycles. The van der Waals surface area contributed by atoms with Crippen LogP contribution in [0.15, 0.2) is 29.0 Å². The van der Waals surface area contributed by atoms with Crippen LogP contribution >= 0.6 is 0 Å². The molecule has 8 nitrogen and oxygen atoms in total. The molecule has 3 aromatic heterocycles. The molecule has 4 aromatic rings. The van der Waals surface area contributed by atoms with Crippen LogP contribution in [-0.2, 0) is 6.42 Å². The smallest absolute Gasteiger partial charge is 0.263 e. The molecule has 0 atom stereocenters. The number of nitrogens with zero attached hydrogens (tertiary/aromatic N) is 5. The molecule has 3 heterocycles. The average Bonchev–Trinajstić information content (AvgIpc) is 3.22. The summed E-state index contributed by atoms with van der Waals surface area (Å²) >= 11 is 0. The fourth-order valence-electron chi connectivity index (χ4n) is 2.86. The maximum Gasteiger partial charge on any atom is 0.263 e. The van der Waals surface area contributed by atoms with Gasteiger partial charge in [0.25, 0.3) is 5.71 Å². The van der Waals surface area contributed by atoms with Crippen LogP contribution in [0.4, 0.5) is 5.82 Å². The van der Waals surface area contributed by atoms with Crippen molar-refractivity contribution in [1.29, 1.82) is 0 Å². The number of imidazole rings is 1. The maximum atomic E-state index is 5.25. The summed E-state index contributed by atoms with van der Waals surface area (Å²) in [5.74, 6) is 2.54. The number of methoxy groups -OCH3 is 1. The molecule has 1 N–H and O–H groups in total. The van der Waals surface area contributed by atoms with Crippen molar-refractivity contribution in [3.8, 4) is 5.75 Å². The van der Waals surface area contributed by atoms with Crippen LogP contribution in [0.5, 0.6) is 5.75 Å². The first-order valence-electron chi connectivity index (χ1n) is 7.96. The van der Waals surface area contributed by atoms with Gasteiger partial charge >= 0.3 is 0 Å². The lowest BCUT2D eigenvalue weighted by atomic mass is 10.3. The summed E-state index contributed by atoms with van der Waals surface area (Å²) in [7, 11) is 3.64. The van der Waals surface area contributed by atoms with Crippen LogP contribution in [0.25, 0.3) is 22.1 Å². The van der Waals surface area contributed by atoms with E-state index in [1.807, 2.05) is 32.2 Å². The number of likely N-dealkylation sites (N-methyl/N-ethyl adjacent to an activating group) is 1. The van der Waals surface area contributed by atoms with E-state index in [0.29, 0.717) is 5.71 Å². The molecule has 0 saturated heterocycles. The highest BCUT2D eigenvalue weighted by molar-refractivity contribution is 5.87. The minimum atomic E-state index is 0.505. The highest BCUT2D eigenvalue weighted by Crippen LogP contribution is 2.25. The lowest BCUT2D eigenvalue weighted by Gasteiger charge is -2.17. The van der Waals surface area contributed by atoms with E-state index in [-0.39, 0.29) is 0 Å². The van der Waals surface area contributed by atoms with E-state index in [4.69, 9.17) is 9.26 Å². The van der Waals surface area contributed by atoms with Gasteiger partial charge in [0.1, 0.15) is 29.1 Å². The first-order valence-corrected chi connectivity index (χ1v) is 7.96. The fourth-order valence-corrected chi connectivity index (χ4v) is 2.86. The maximum absolute atomic E-state index is 5.25. The number of fused-ring (bicyclic) bond motifs is 2. The summed E-state index contributed by atoms with van der Waals surface area (Å²) in [4.78, 5) is 18.5. The number of benzene rings is 1. The largest absolute Gasteiger partial charge is 0.497 e. The zero-order chi connectivity index (χ0) is 17.4. The van der Waals surface area contributed by atoms with Gasteiger partial charge in [-0.1, -0.05) is 5.16 Å². The van der Waals surface area contributed by atoms with Crippen molar-refractivity contribution in [2.75, 3.05) is 25.6 Å². The number of rotatable bonds is 5. The van der Waals surface area contributed by atoms with Gasteiger partial charge in [0.05, 0.1) is 23.8 Å². The van der Waals surface area contributed by atoms with Gasteiger partial charge in [-0.3, -0.25) is 0 Å². The first-order chi connectivity index (χ1) is 12.2. The van der Waals surface area contributed by atoms with Gasteiger partial charge in [0, 0.05) is 26.1 Å². The minimum Gasteiger partial charge on any atom is -0.497 e. The second-order valence-electron chi connectivity index (χ2n) is 5.88. The number of hydrogen-bond donors (Lipinski definition) is 1. The highest BCUT2D eigenvalue weighted by Gasteiger charge is 2.15. The van der Waals surface area contributed by atoms with Crippen LogP contribution in [0.1, 0.15) is 11.5 Å². The number of aromatic nitrogens is 5. The summed E-state index contributed by atoms with van der Waals surface area (Å²) in [6, 6.07) is 5.81. The number of nitrogens with one attached hydrogen (secondary N) is 1. The lowest BCUT2D eigenvalue weighted by molar-refractivity contribution is 0.415. The number of H-pyrrole nitrogens is 1. The van der Waals surface area contributed by atoms with Crippen molar-refractivity contribution >= 4 is 28.0 Å². The molecule has 0 aliphatic heterocycles. The Bertz CT molecular complexity index is 1040. The quantitative estimate of drug-likeness (QED) is 0.597. The molecule has 0 unspecified atom stereocenters. The molecule has 128 valence electrons. The third-order valence-electron chi connectivity index (χ3n) is 4.21. The summed E-state index contributed by atoms with van der Waals surface area (Å²) in [5.41, 5.74) is 3.19. The topological polar surface area (TPSA) is 93.0 Å². The molecule has 4 rings (SSSR count). The monoisotopic (exact) mass is 338 g/mol. The summed E-state index contributed by atoms with van der Waals surface area (Å²) in [6.07, 6.45) is 2.25. The summed E-state index contributed by atoms with van der Waals surface area (Å²) < 4.78 is 10.5. The molecular formula is C17H18N6O2. The van der Waals surface area contributed by atoms with Gasteiger partial charge in [-0.05, 0) is 19.1 Å². The van der Waals surface area contributed by atoms with E-state index < -0.39 is 0 Å². The molecule has 8 heteroatoms. The van der Waals surface area contributed by atoms with E-state index in [2.05, 4.69) is 30.0 Å². The number of hydrogen-bond acceptors (Lipinski definition) is 7. The molecule has 0 spiro atoms. The standard InChI is InChI=1S/C17H18N6O2/c1-10-15-16(18-9-19-17(15)25-22-10)23(2)7-6-14-20-12-5-4-11(24-3)8-13(12)21-14/h4-5,8-9H,6-7H2,1-3H3,(H,20,21). The number of anilines is 1. The van der Waals surface area contributed by atoms with E-state index in [1.165, 1.54) is 6.33 Å². The van der Waals surface area contributed by atoms with Gasteiger partial charge in [-0.25, -0.2) is 9.97 Å². The Balaban J connectivity index is 1.55. The molecule has 0 bridgehead atoms. The first kappa shape index (κ1) is 15.4. The average molecular weight is 338 g/mol. The Morgan fingerprint density at radius 1 is 1.28 bits per heavy atom. The third kappa shape index (κ3) is 2.75. The molecule has 25 heavy (non-hydrogen) atoms. The lowest BCUT2D eigenvalue weighted by Crippen LogP contribution is -2.22. The van der Waals surface area contributed by atoms with Crippen LogP contribution in [-0.4, -0.2) is 45.8 Å². The van der Waals surface area contributed by atoms with Gasteiger partial charge < -0.3 is 19.1 Å². The van der Waals surface area contributed by atoms with Crippen LogP contribution in [0.2, 0.25) is 0 Å². The number of aromatic amines is 1. The second kappa shape index (κ2) is 6.04. The van der Waals surface area contributed by atoms with Crippen molar-refractivity contribution in [1.82, 2.24) is 25.1 Å². The van der Waals surface area contributed by atoms with Crippen molar-refractivity contribution in [3.05, 3.63) is 36.0 Å². The zero-order valence-corrected chi connectivity index (χ0v) is 14.3. The normalized spacial score (nSPS) is 11.3. The Morgan fingerprint density at radius 3 is 3.00 bits per heavy atom. The predicted octanol–water partition coefficient (Wildman–Crippen LogP) is 2.49. The molecular weight excluding hydrogens is 320 g/mol. The molecule has 0 fully saturated rings. The third-order valence-corrected chi connectivity index (χ3v) is 4.21. The zero-order valence-electron chi connectivity index (χ0n) is 14.3. The van der Waals surface area contributed by atoms with Gasteiger partial charge in [0.2, 0.25) is 0 Å². The summed E-state index contributed by atoms with van der Waals surface area (Å²) in [5, 5.41) is 4.81. The number of aryl methyl sites for hydroxylation is 1. The molecule has 0 aliphatic carbocycles. The van der Waals surface area contributed by atoms with Crippen molar-refractivity contribution in [2.24, 2.45) is 0 Å². The van der Waals surface area contributed by atoms with Gasteiger partial charge in [0.15, 0.2) is 0 Å².